The lowest BCUT2D eigenvalue weighted by atomic mass is 9.83. The lowest BCUT2D eigenvalue weighted by Crippen LogP contribution is -2.43. The Bertz CT molecular complexity index is 451. The number of nitrogens with zero attached hydrogens (tertiary/aromatic N) is 1. The van der Waals surface area contributed by atoms with E-state index in [1.165, 1.54) is 57.2 Å². The number of hydrogen-bond acceptors (Lipinski definition) is 2. The summed E-state index contributed by atoms with van der Waals surface area (Å²) in [4.78, 5) is 2.77. The molecule has 1 saturated carbocycles. The van der Waals surface area contributed by atoms with Gasteiger partial charge in [-0.3, -0.25) is 0 Å². The van der Waals surface area contributed by atoms with E-state index in [9.17, 15) is 0 Å². The molecule has 116 valence electrons. The molecular weight excluding hydrogens is 258 g/mol. The van der Waals surface area contributed by atoms with Crippen LogP contribution in [0.5, 0.6) is 5.75 Å². The first-order valence-electron chi connectivity index (χ1n) is 8.65. The van der Waals surface area contributed by atoms with Gasteiger partial charge in [-0.05, 0) is 62.2 Å². The maximum atomic E-state index is 5.54. The molecule has 1 saturated heterocycles. The van der Waals surface area contributed by atoms with Gasteiger partial charge in [-0.1, -0.05) is 38.0 Å². The van der Waals surface area contributed by atoms with E-state index >= 15 is 0 Å². The average molecular weight is 287 g/mol. The zero-order valence-corrected chi connectivity index (χ0v) is 13.6. The molecule has 0 N–H and O–H groups in total. The maximum absolute atomic E-state index is 5.54. The number of piperidine rings is 1. The minimum atomic E-state index is 0.679. The third kappa shape index (κ3) is 3.42. The summed E-state index contributed by atoms with van der Waals surface area (Å²) in [5, 5.41) is 0. The lowest BCUT2D eigenvalue weighted by Gasteiger charge is -2.41. The second-order valence-electron chi connectivity index (χ2n) is 6.98. The van der Waals surface area contributed by atoms with E-state index < -0.39 is 0 Å². The molecule has 2 atom stereocenters. The molecular formula is C19H29NO. The molecule has 2 fully saturated rings. The largest absolute Gasteiger partial charge is 0.496 e. The van der Waals surface area contributed by atoms with Gasteiger partial charge in [0.15, 0.2) is 0 Å². The highest BCUT2D eigenvalue weighted by Crippen LogP contribution is 2.36. The van der Waals surface area contributed by atoms with Gasteiger partial charge in [0.25, 0.3) is 0 Å². The minimum absolute atomic E-state index is 0.679. The molecule has 2 heteroatoms. The van der Waals surface area contributed by atoms with Crippen LogP contribution in [-0.2, 0) is 0 Å². The number of rotatable bonds is 3. The van der Waals surface area contributed by atoms with Crippen LogP contribution in [0.3, 0.4) is 0 Å². The molecule has 21 heavy (non-hydrogen) atoms. The summed E-state index contributed by atoms with van der Waals surface area (Å²) in [6, 6.07) is 9.42. The number of likely N-dealkylation sites (tertiary alicyclic amines) is 1. The molecule has 3 rings (SSSR count). The molecule has 0 unspecified atom stereocenters. The summed E-state index contributed by atoms with van der Waals surface area (Å²) in [5.74, 6) is 2.68. The molecule has 0 amide bonds. The normalized spacial score (nSPS) is 28.5. The number of benzene rings is 1. The van der Waals surface area contributed by atoms with E-state index in [0.29, 0.717) is 5.92 Å². The first kappa shape index (κ1) is 14.9. The molecule has 1 aromatic carbocycles. The number of ether oxygens (including phenoxy) is 1. The fourth-order valence-electron chi connectivity index (χ4n) is 4.31. The summed E-state index contributed by atoms with van der Waals surface area (Å²) in [6.45, 7) is 4.95. The second-order valence-corrected chi connectivity index (χ2v) is 6.98. The van der Waals surface area contributed by atoms with Crippen molar-refractivity contribution in [3.63, 3.8) is 0 Å². The van der Waals surface area contributed by atoms with Crippen LogP contribution in [0.25, 0.3) is 0 Å². The van der Waals surface area contributed by atoms with Crippen molar-refractivity contribution < 1.29 is 4.74 Å². The summed E-state index contributed by atoms with van der Waals surface area (Å²) in [7, 11) is 1.79. The summed E-state index contributed by atoms with van der Waals surface area (Å²) in [5.41, 5.74) is 1.41. The fourth-order valence-corrected chi connectivity index (χ4v) is 4.31. The van der Waals surface area contributed by atoms with Crippen molar-refractivity contribution >= 4 is 0 Å². The Labute approximate surface area is 129 Å². The Hall–Kier alpha value is -1.02. The van der Waals surface area contributed by atoms with Crippen molar-refractivity contribution in [1.29, 1.82) is 0 Å². The van der Waals surface area contributed by atoms with Crippen LogP contribution in [0, 0.1) is 5.92 Å². The molecule has 0 aromatic heterocycles. The van der Waals surface area contributed by atoms with Crippen LogP contribution in [-0.4, -0.2) is 31.1 Å². The first-order chi connectivity index (χ1) is 10.3. The third-order valence-electron chi connectivity index (χ3n) is 5.53. The highest BCUT2D eigenvalue weighted by atomic mass is 16.5. The Morgan fingerprint density at radius 3 is 2.52 bits per heavy atom. The van der Waals surface area contributed by atoms with Crippen LogP contribution in [0.4, 0.5) is 0 Å². The number of para-hydroxylation sites is 1. The standard InChI is InChI=1S/C19H29NO/c1-15-6-5-7-17(14-15)20-12-10-16(11-13-20)18-8-3-4-9-19(18)21-2/h3-4,8-9,15-17H,5-7,10-14H2,1-2H3/t15-,17-/m1/s1. The van der Waals surface area contributed by atoms with Crippen molar-refractivity contribution in [1.82, 2.24) is 4.90 Å². The van der Waals surface area contributed by atoms with Crippen molar-refractivity contribution in [2.24, 2.45) is 5.92 Å². The Kier molecular flexibility index (Phi) is 4.84. The molecule has 1 heterocycles. The fraction of sp³-hybridized carbons (Fsp3) is 0.684. The first-order valence-corrected chi connectivity index (χ1v) is 8.65. The zero-order chi connectivity index (χ0) is 14.7. The summed E-state index contributed by atoms with van der Waals surface area (Å²) >= 11 is 0. The van der Waals surface area contributed by atoms with Crippen molar-refractivity contribution in [2.75, 3.05) is 20.2 Å². The van der Waals surface area contributed by atoms with Gasteiger partial charge < -0.3 is 9.64 Å². The van der Waals surface area contributed by atoms with E-state index in [1.54, 1.807) is 7.11 Å². The molecule has 1 aromatic rings. The molecule has 0 bridgehead atoms. The Balaban J connectivity index is 1.60. The molecule has 2 nitrogen and oxygen atoms in total. The van der Waals surface area contributed by atoms with Gasteiger partial charge in [0.05, 0.1) is 7.11 Å². The van der Waals surface area contributed by atoms with E-state index in [2.05, 4.69) is 36.1 Å². The lowest BCUT2D eigenvalue weighted by molar-refractivity contribution is 0.105. The highest BCUT2D eigenvalue weighted by Gasteiger charge is 2.29. The van der Waals surface area contributed by atoms with Crippen molar-refractivity contribution in [2.45, 2.75) is 57.4 Å². The molecule has 0 spiro atoms. The van der Waals surface area contributed by atoms with Crippen molar-refractivity contribution in [3.8, 4) is 5.75 Å². The third-order valence-corrected chi connectivity index (χ3v) is 5.53. The zero-order valence-electron chi connectivity index (χ0n) is 13.6. The monoisotopic (exact) mass is 287 g/mol. The van der Waals surface area contributed by atoms with Gasteiger partial charge in [-0.15, -0.1) is 0 Å². The molecule has 2 aliphatic rings. The van der Waals surface area contributed by atoms with Gasteiger partial charge in [0, 0.05) is 6.04 Å². The molecule has 1 aliphatic heterocycles. The van der Waals surface area contributed by atoms with Gasteiger partial charge in [-0.25, -0.2) is 0 Å². The van der Waals surface area contributed by atoms with Gasteiger partial charge in [0.2, 0.25) is 0 Å². The van der Waals surface area contributed by atoms with Gasteiger partial charge in [0.1, 0.15) is 5.75 Å². The number of hydrogen-bond donors (Lipinski definition) is 0. The average Bonchev–Trinajstić information content (AvgIpc) is 2.55. The highest BCUT2D eigenvalue weighted by molar-refractivity contribution is 5.36. The van der Waals surface area contributed by atoms with E-state index in [4.69, 9.17) is 4.74 Å². The van der Waals surface area contributed by atoms with Crippen molar-refractivity contribution in [3.05, 3.63) is 29.8 Å². The predicted molar refractivity (Wildman–Crippen MR) is 88.0 cm³/mol. The van der Waals surface area contributed by atoms with Crippen LogP contribution < -0.4 is 4.74 Å². The Morgan fingerprint density at radius 1 is 1.05 bits per heavy atom. The van der Waals surface area contributed by atoms with Crippen LogP contribution in [0.2, 0.25) is 0 Å². The van der Waals surface area contributed by atoms with Crippen LogP contribution in [0.1, 0.15) is 56.9 Å². The molecule has 1 aliphatic carbocycles. The maximum Gasteiger partial charge on any atom is 0.122 e. The number of methoxy groups -OCH3 is 1. The molecule has 0 radical (unpaired) electrons. The van der Waals surface area contributed by atoms with E-state index in [1.807, 2.05) is 0 Å². The second kappa shape index (κ2) is 6.83. The van der Waals surface area contributed by atoms with Crippen LogP contribution >= 0.6 is 0 Å². The summed E-state index contributed by atoms with van der Waals surface area (Å²) in [6.07, 6.45) is 8.27. The van der Waals surface area contributed by atoms with E-state index in [-0.39, 0.29) is 0 Å². The van der Waals surface area contributed by atoms with Gasteiger partial charge in [-0.2, -0.15) is 0 Å². The smallest absolute Gasteiger partial charge is 0.122 e. The predicted octanol–water partition coefficient (Wildman–Crippen LogP) is 4.45. The Morgan fingerprint density at radius 2 is 1.81 bits per heavy atom. The topological polar surface area (TPSA) is 12.5 Å². The minimum Gasteiger partial charge on any atom is -0.496 e. The van der Waals surface area contributed by atoms with E-state index in [0.717, 1.165) is 17.7 Å². The quantitative estimate of drug-likeness (QED) is 0.814. The summed E-state index contributed by atoms with van der Waals surface area (Å²) < 4.78 is 5.54. The SMILES string of the molecule is COc1ccccc1C1CCN([C@@H]2CCC[C@@H](C)C2)CC1. The van der Waals surface area contributed by atoms with Gasteiger partial charge >= 0.3 is 0 Å². The van der Waals surface area contributed by atoms with Crippen LogP contribution in [0.15, 0.2) is 24.3 Å².